The van der Waals surface area contributed by atoms with Crippen LogP contribution < -0.4 is 5.32 Å². The standard InChI is InChI=1S/C21H23NO5/c1-3-27-21(26)14(2)13-18(20(24)25)22-19(23)17-11-9-16(10-12-17)15-7-5-4-6-8-15/h4-12,14,18H,3,13H2,1-2H3,(H,22,23)(H,24,25)/t14-,18+/m1/s1. The third-order valence-corrected chi connectivity index (χ3v) is 4.14. The highest BCUT2D eigenvalue weighted by molar-refractivity contribution is 5.97. The number of nitrogens with one attached hydrogen (secondary N) is 1. The zero-order valence-corrected chi connectivity index (χ0v) is 15.3. The van der Waals surface area contributed by atoms with E-state index >= 15 is 0 Å². The summed E-state index contributed by atoms with van der Waals surface area (Å²) in [5.74, 6) is -2.81. The molecule has 0 radical (unpaired) electrons. The van der Waals surface area contributed by atoms with Crippen LogP contribution in [0, 0.1) is 5.92 Å². The van der Waals surface area contributed by atoms with Gasteiger partial charge in [0.05, 0.1) is 12.5 Å². The highest BCUT2D eigenvalue weighted by Crippen LogP contribution is 2.19. The van der Waals surface area contributed by atoms with Crippen molar-refractivity contribution in [3.63, 3.8) is 0 Å². The van der Waals surface area contributed by atoms with E-state index in [4.69, 9.17) is 4.74 Å². The number of carboxylic acid groups (broad SMARTS) is 1. The molecule has 142 valence electrons. The fourth-order valence-corrected chi connectivity index (χ4v) is 2.64. The summed E-state index contributed by atoms with van der Waals surface area (Å²) in [6, 6.07) is 15.4. The SMILES string of the molecule is CCOC(=O)[C@H](C)C[C@H](NC(=O)c1ccc(-c2ccccc2)cc1)C(=O)O. The van der Waals surface area contributed by atoms with Gasteiger partial charge in [-0.1, -0.05) is 49.4 Å². The molecule has 0 aliphatic rings. The van der Waals surface area contributed by atoms with Gasteiger partial charge >= 0.3 is 11.9 Å². The van der Waals surface area contributed by atoms with Crippen LogP contribution in [0.2, 0.25) is 0 Å². The van der Waals surface area contributed by atoms with E-state index in [0.717, 1.165) is 11.1 Å². The second-order valence-electron chi connectivity index (χ2n) is 6.20. The van der Waals surface area contributed by atoms with Crippen molar-refractivity contribution < 1.29 is 24.2 Å². The number of hydrogen-bond donors (Lipinski definition) is 2. The second-order valence-corrected chi connectivity index (χ2v) is 6.20. The predicted octanol–water partition coefficient (Wildman–Crippen LogP) is 3.13. The van der Waals surface area contributed by atoms with E-state index in [0.29, 0.717) is 5.56 Å². The smallest absolute Gasteiger partial charge is 0.326 e. The van der Waals surface area contributed by atoms with Crippen molar-refractivity contribution in [1.29, 1.82) is 0 Å². The summed E-state index contributed by atoms with van der Waals surface area (Å²) in [5.41, 5.74) is 2.33. The van der Waals surface area contributed by atoms with Gasteiger partial charge in [-0.05, 0) is 36.6 Å². The van der Waals surface area contributed by atoms with Gasteiger partial charge in [-0.3, -0.25) is 9.59 Å². The highest BCUT2D eigenvalue weighted by Gasteiger charge is 2.26. The van der Waals surface area contributed by atoms with Gasteiger partial charge < -0.3 is 15.2 Å². The fourth-order valence-electron chi connectivity index (χ4n) is 2.64. The van der Waals surface area contributed by atoms with Crippen molar-refractivity contribution in [3.8, 4) is 11.1 Å². The van der Waals surface area contributed by atoms with Crippen molar-refractivity contribution in [2.45, 2.75) is 26.3 Å². The maximum absolute atomic E-state index is 12.4. The zero-order chi connectivity index (χ0) is 19.8. The molecule has 0 aliphatic heterocycles. The van der Waals surface area contributed by atoms with Gasteiger partial charge in [-0.25, -0.2) is 4.79 Å². The first-order valence-corrected chi connectivity index (χ1v) is 8.78. The molecule has 0 aromatic heterocycles. The molecular weight excluding hydrogens is 346 g/mol. The zero-order valence-electron chi connectivity index (χ0n) is 15.3. The molecule has 0 unspecified atom stereocenters. The maximum Gasteiger partial charge on any atom is 0.326 e. The predicted molar refractivity (Wildman–Crippen MR) is 101 cm³/mol. The van der Waals surface area contributed by atoms with Gasteiger partial charge in [0.25, 0.3) is 5.91 Å². The van der Waals surface area contributed by atoms with Crippen LogP contribution in [0.1, 0.15) is 30.6 Å². The topological polar surface area (TPSA) is 92.7 Å². The molecule has 0 saturated carbocycles. The van der Waals surface area contributed by atoms with E-state index in [-0.39, 0.29) is 13.0 Å². The number of amides is 1. The first kappa shape index (κ1) is 20.2. The number of aliphatic carboxylic acids is 1. The summed E-state index contributed by atoms with van der Waals surface area (Å²) in [7, 11) is 0. The lowest BCUT2D eigenvalue weighted by Crippen LogP contribution is -2.42. The Hall–Kier alpha value is -3.15. The molecule has 0 saturated heterocycles. The number of carboxylic acids is 1. The van der Waals surface area contributed by atoms with Crippen molar-refractivity contribution >= 4 is 17.8 Å². The summed E-state index contributed by atoms with van der Waals surface area (Å²) in [4.78, 5) is 35.5. The lowest BCUT2D eigenvalue weighted by atomic mass is 10.0. The lowest BCUT2D eigenvalue weighted by molar-refractivity contribution is -0.148. The Morgan fingerprint density at radius 3 is 2.15 bits per heavy atom. The minimum absolute atomic E-state index is 0.0397. The van der Waals surface area contributed by atoms with Crippen LogP contribution in [0.25, 0.3) is 11.1 Å². The van der Waals surface area contributed by atoms with Crippen LogP contribution >= 0.6 is 0 Å². The van der Waals surface area contributed by atoms with E-state index in [2.05, 4.69) is 5.32 Å². The molecule has 0 spiro atoms. The van der Waals surface area contributed by atoms with Gasteiger partial charge in [-0.15, -0.1) is 0 Å². The van der Waals surface area contributed by atoms with Gasteiger partial charge in [0.15, 0.2) is 0 Å². The van der Waals surface area contributed by atoms with Crippen molar-refractivity contribution in [2.75, 3.05) is 6.61 Å². The van der Waals surface area contributed by atoms with E-state index in [1.165, 1.54) is 0 Å². The summed E-state index contributed by atoms with van der Waals surface area (Å²) in [5, 5.41) is 11.8. The van der Waals surface area contributed by atoms with Crippen LogP contribution in [0.15, 0.2) is 54.6 Å². The monoisotopic (exact) mass is 369 g/mol. The van der Waals surface area contributed by atoms with Crippen LogP contribution in [0.3, 0.4) is 0 Å². The molecule has 1 amide bonds. The Kier molecular flexibility index (Phi) is 7.11. The minimum Gasteiger partial charge on any atom is -0.480 e. The quantitative estimate of drug-likeness (QED) is 0.698. The second kappa shape index (κ2) is 9.52. The van der Waals surface area contributed by atoms with E-state index < -0.39 is 29.8 Å². The number of carbonyl (C=O) groups excluding carboxylic acids is 2. The first-order chi connectivity index (χ1) is 12.9. The maximum atomic E-state index is 12.4. The molecule has 6 nitrogen and oxygen atoms in total. The molecule has 2 aromatic carbocycles. The number of ether oxygens (including phenoxy) is 1. The normalized spacial score (nSPS) is 12.7. The summed E-state index contributed by atoms with van der Waals surface area (Å²) < 4.78 is 4.88. The van der Waals surface area contributed by atoms with Crippen molar-refractivity contribution in [2.24, 2.45) is 5.92 Å². The third kappa shape index (κ3) is 5.67. The van der Waals surface area contributed by atoms with Gasteiger partial charge in [0, 0.05) is 5.56 Å². The van der Waals surface area contributed by atoms with Gasteiger partial charge in [0.2, 0.25) is 0 Å². The number of hydrogen-bond acceptors (Lipinski definition) is 4. The molecule has 2 N–H and O–H groups in total. The third-order valence-electron chi connectivity index (χ3n) is 4.14. The van der Waals surface area contributed by atoms with Crippen molar-refractivity contribution in [3.05, 3.63) is 60.2 Å². The van der Waals surface area contributed by atoms with Gasteiger partial charge in [-0.2, -0.15) is 0 Å². The Morgan fingerprint density at radius 2 is 1.59 bits per heavy atom. The molecule has 2 rings (SSSR count). The number of esters is 1. The number of rotatable bonds is 8. The fraction of sp³-hybridized carbons (Fsp3) is 0.286. The molecule has 0 aliphatic carbocycles. The van der Waals surface area contributed by atoms with E-state index in [9.17, 15) is 19.5 Å². The summed E-state index contributed by atoms with van der Waals surface area (Å²) >= 11 is 0. The molecule has 27 heavy (non-hydrogen) atoms. The Balaban J connectivity index is 2.04. The Bertz CT molecular complexity index is 786. The molecular formula is C21H23NO5. The molecule has 2 aromatic rings. The van der Waals surface area contributed by atoms with Gasteiger partial charge in [0.1, 0.15) is 6.04 Å². The van der Waals surface area contributed by atoms with Crippen LogP contribution in [0.4, 0.5) is 0 Å². The van der Waals surface area contributed by atoms with E-state index in [1.54, 1.807) is 38.1 Å². The first-order valence-electron chi connectivity index (χ1n) is 8.78. The van der Waals surface area contributed by atoms with Crippen molar-refractivity contribution in [1.82, 2.24) is 5.32 Å². The van der Waals surface area contributed by atoms with Crippen LogP contribution in [-0.2, 0) is 14.3 Å². The highest BCUT2D eigenvalue weighted by atomic mass is 16.5. The molecule has 0 heterocycles. The van der Waals surface area contributed by atoms with Crippen LogP contribution in [0.5, 0.6) is 0 Å². The lowest BCUT2D eigenvalue weighted by Gasteiger charge is -2.18. The molecule has 0 fully saturated rings. The van der Waals surface area contributed by atoms with Crippen LogP contribution in [-0.4, -0.2) is 35.6 Å². The average molecular weight is 369 g/mol. The minimum atomic E-state index is -1.19. The molecule has 0 bridgehead atoms. The summed E-state index contributed by atoms with van der Waals surface area (Å²) in [6.07, 6.45) is -0.0397. The Morgan fingerprint density at radius 1 is 1.00 bits per heavy atom. The summed E-state index contributed by atoms with van der Waals surface area (Å²) in [6.45, 7) is 3.48. The largest absolute Gasteiger partial charge is 0.480 e. The average Bonchev–Trinajstić information content (AvgIpc) is 2.68. The molecule has 6 heteroatoms. The molecule has 2 atom stereocenters. The Labute approximate surface area is 158 Å². The number of benzene rings is 2. The van der Waals surface area contributed by atoms with E-state index in [1.807, 2.05) is 30.3 Å². The number of carbonyl (C=O) groups is 3.